The van der Waals surface area contributed by atoms with Gasteiger partial charge in [-0.3, -0.25) is 4.79 Å². The Balaban J connectivity index is 1.37. The van der Waals surface area contributed by atoms with Crippen molar-refractivity contribution in [1.29, 1.82) is 0 Å². The van der Waals surface area contributed by atoms with Crippen molar-refractivity contribution >= 4 is 23.4 Å². The summed E-state index contributed by atoms with van der Waals surface area (Å²) in [7, 11) is 0. The number of ether oxygens (including phenoxy) is 1. The van der Waals surface area contributed by atoms with Crippen LogP contribution in [0.5, 0.6) is 5.75 Å². The third-order valence-electron chi connectivity index (χ3n) is 5.81. The number of carbonyl (C=O) groups excluding carboxylic acids is 1. The zero-order chi connectivity index (χ0) is 23.9. The van der Waals surface area contributed by atoms with Gasteiger partial charge in [0.1, 0.15) is 11.6 Å². The molecule has 0 bridgehead atoms. The second-order valence-electron chi connectivity index (χ2n) is 9.05. The molecule has 1 aliphatic heterocycles. The largest absolute Gasteiger partial charge is 0.491 e. The highest BCUT2D eigenvalue weighted by Gasteiger charge is 2.26. The number of hydrogen-bond donors (Lipinski definition) is 2. The maximum Gasteiger partial charge on any atom is 0.229 e. The van der Waals surface area contributed by atoms with E-state index in [4.69, 9.17) is 9.72 Å². The first-order valence-corrected chi connectivity index (χ1v) is 11.9. The van der Waals surface area contributed by atoms with Crippen molar-refractivity contribution in [3.8, 4) is 5.75 Å². The van der Waals surface area contributed by atoms with E-state index in [9.17, 15) is 4.79 Å². The summed E-state index contributed by atoms with van der Waals surface area (Å²) in [5, 5.41) is 6.37. The first-order valence-electron chi connectivity index (χ1n) is 11.9. The molecular weight excluding hydrogens is 426 g/mol. The summed E-state index contributed by atoms with van der Waals surface area (Å²) in [5.41, 5.74) is 3.19. The molecule has 2 heterocycles. The number of hydrogen-bond acceptors (Lipinski definition) is 6. The maximum atomic E-state index is 12.8. The van der Waals surface area contributed by atoms with Gasteiger partial charge in [-0.2, -0.15) is 4.98 Å². The van der Waals surface area contributed by atoms with Crippen LogP contribution >= 0.6 is 0 Å². The van der Waals surface area contributed by atoms with Crippen LogP contribution in [0.4, 0.5) is 17.5 Å². The number of rotatable bonds is 8. The number of carbonyl (C=O) groups is 1. The summed E-state index contributed by atoms with van der Waals surface area (Å²) in [6.45, 7) is 8.13. The molecule has 0 radical (unpaired) electrons. The number of aryl methyl sites for hydroxylation is 1. The average Bonchev–Trinajstić information content (AvgIpc) is 2.83. The van der Waals surface area contributed by atoms with Gasteiger partial charge < -0.3 is 20.3 Å². The molecule has 0 aliphatic carbocycles. The van der Waals surface area contributed by atoms with Crippen molar-refractivity contribution in [1.82, 2.24) is 15.3 Å². The van der Waals surface area contributed by atoms with E-state index >= 15 is 0 Å². The lowest BCUT2D eigenvalue weighted by Gasteiger charge is -2.33. The van der Waals surface area contributed by atoms with Crippen LogP contribution in [0.15, 0.2) is 60.8 Å². The van der Waals surface area contributed by atoms with Crippen molar-refractivity contribution in [2.45, 2.75) is 46.3 Å². The lowest BCUT2D eigenvalue weighted by Crippen LogP contribution is -2.43. The van der Waals surface area contributed by atoms with Crippen molar-refractivity contribution in [3.05, 3.63) is 71.9 Å². The minimum absolute atomic E-state index is 0.0598. The highest BCUT2D eigenvalue weighted by molar-refractivity contribution is 5.79. The molecule has 1 fully saturated rings. The Bertz CT molecular complexity index is 1100. The van der Waals surface area contributed by atoms with Crippen LogP contribution in [0.25, 0.3) is 0 Å². The number of aromatic nitrogens is 2. The molecule has 2 N–H and O–H groups in total. The zero-order valence-electron chi connectivity index (χ0n) is 20.1. The third-order valence-corrected chi connectivity index (χ3v) is 5.81. The highest BCUT2D eigenvalue weighted by Crippen LogP contribution is 2.25. The fourth-order valence-corrected chi connectivity index (χ4v) is 4.07. The summed E-state index contributed by atoms with van der Waals surface area (Å²) in [5.74, 6) is 2.18. The molecular formula is C27H33N5O2. The van der Waals surface area contributed by atoms with Gasteiger partial charge in [0.15, 0.2) is 0 Å². The fraction of sp³-hybridized carbons (Fsp3) is 0.370. The average molecular weight is 460 g/mol. The van der Waals surface area contributed by atoms with Crippen molar-refractivity contribution in [3.63, 3.8) is 0 Å². The van der Waals surface area contributed by atoms with E-state index in [1.165, 1.54) is 5.56 Å². The zero-order valence-corrected chi connectivity index (χ0v) is 20.1. The number of anilines is 3. The molecule has 34 heavy (non-hydrogen) atoms. The smallest absolute Gasteiger partial charge is 0.229 e. The second kappa shape index (κ2) is 11.0. The summed E-state index contributed by atoms with van der Waals surface area (Å²) < 4.78 is 5.77. The normalized spacial score (nSPS) is 15.8. The lowest BCUT2D eigenvalue weighted by atomic mass is 9.97. The Morgan fingerprint density at radius 1 is 1.18 bits per heavy atom. The topological polar surface area (TPSA) is 79.4 Å². The molecule has 4 rings (SSSR count). The first kappa shape index (κ1) is 23.5. The predicted molar refractivity (Wildman–Crippen MR) is 135 cm³/mol. The lowest BCUT2D eigenvalue weighted by molar-refractivity contribution is -0.125. The Labute approximate surface area is 201 Å². The van der Waals surface area contributed by atoms with Gasteiger partial charge in [-0.25, -0.2) is 4.98 Å². The van der Waals surface area contributed by atoms with Crippen molar-refractivity contribution in [2.75, 3.05) is 23.3 Å². The predicted octanol–water partition coefficient (Wildman–Crippen LogP) is 4.85. The monoisotopic (exact) mass is 459 g/mol. The van der Waals surface area contributed by atoms with E-state index in [0.717, 1.165) is 42.2 Å². The quantitative estimate of drug-likeness (QED) is 0.501. The molecule has 1 aromatic heterocycles. The van der Waals surface area contributed by atoms with Crippen LogP contribution in [-0.2, 0) is 11.3 Å². The summed E-state index contributed by atoms with van der Waals surface area (Å²) in [4.78, 5) is 24.1. The van der Waals surface area contributed by atoms with Crippen LogP contribution in [0.2, 0.25) is 0 Å². The molecule has 1 atom stereocenters. The molecule has 1 amide bonds. The van der Waals surface area contributed by atoms with Gasteiger partial charge in [-0.15, -0.1) is 0 Å². The minimum atomic E-state index is -0.0598. The number of nitrogens with one attached hydrogen (secondary N) is 2. The van der Waals surface area contributed by atoms with Crippen LogP contribution in [0.3, 0.4) is 0 Å². The molecule has 178 valence electrons. The SMILES string of the molecule is Cc1ccc(CNC(=O)[C@H]2CCCN(c3ccnc(Nc4cccc(OC(C)C)c4)n3)C2)cc1. The van der Waals surface area contributed by atoms with Crippen LogP contribution in [-0.4, -0.2) is 35.1 Å². The molecule has 7 heteroatoms. The van der Waals surface area contributed by atoms with E-state index in [-0.39, 0.29) is 17.9 Å². The van der Waals surface area contributed by atoms with Gasteiger partial charge >= 0.3 is 0 Å². The van der Waals surface area contributed by atoms with Crippen LogP contribution in [0, 0.1) is 12.8 Å². The standard InChI is InChI=1S/C27H33N5O2/c1-19(2)34-24-8-4-7-23(16-24)30-27-28-14-13-25(31-27)32-15-5-6-22(18-32)26(33)29-17-21-11-9-20(3)10-12-21/h4,7-14,16,19,22H,5-6,15,17-18H2,1-3H3,(H,29,33)(H,28,30,31)/t22-/m0/s1. The van der Waals surface area contributed by atoms with E-state index in [0.29, 0.717) is 19.0 Å². The minimum Gasteiger partial charge on any atom is -0.491 e. The molecule has 1 aliphatic rings. The molecule has 0 unspecified atom stereocenters. The van der Waals surface area contributed by atoms with E-state index in [1.54, 1.807) is 6.20 Å². The number of amides is 1. The van der Waals surface area contributed by atoms with Crippen molar-refractivity contribution < 1.29 is 9.53 Å². The van der Waals surface area contributed by atoms with Crippen LogP contribution < -0.4 is 20.3 Å². The molecule has 3 aromatic rings. The number of benzene rings is 2. The number of piperidine rings is 1. The summed E-state index contributed by atoms with van der Waals surface area (Å²) in [6.07, 6.45) is 3.69. The highest BCUT2D eigenvalue weighted by atomic mass is 16.5. The molecule has 1 saturated heterocycles. The Morgan fingerprint density at radius 3 is 2.79 bits per heavy atom. The maximum absolute atomic E-state index is 12.8. The van der Waals surface area contributed by atoms with Crippen molar-refractivity contribution in [2.24, 2.45) is 5.92 Å². The molecule has 7 nitrogen and oxygen atoms in total. The molecule has 2 aromatic carbocycles. The Hall–Kier alpha value is -3.61. The van der Waals surface area contributed by atoms with Gasteiger partial charge in [0.25, 0.3) is 0 Å². The Morgan fingerprint density at radius 2 is 2.00 bits per heavy atom. The molecule has 0 saturated carbocycles. The molecule has 0 spiro atoms. The fourth-order valence-electron chi connectivity index (χ4n) is 4.07. The summed E-state index contributed by atoms with van der Waals surface area (Å²) >= 11 is 0. The van der Waals surface area contributed by atoms with E-state index in [1.807, 2.05) is 44.2 Å². The Kier molecular flexibility index (Phi) is 7.62. The van der Waals surface area contributed by atoms with E-state index < -0.39 is 0 Å². The van der Waals surface area contributed by atoms with Gasteiger partial charge in [0.05, 0.1) is 12.0 Å². The van der Waals surface area contributed by atoms with Gasteiger partial charge in [0.2, 0.25) is 11.9 Å². The third kappa shape index (κ3) is 6.47. The van der Waals surface area contributed by atoms with Crippen LogP contribution in [0.1, 0.15) is 37.8 Å². The summed E-state index contributed by atoms with van der Waals surface area (Å²) in [6, 6.07) is 17.9. The van der Waals surface area contributed by atoms with E-state index in [2.05, 4.69) is 51.7 Å². The van der Waals surface area contributed by atoms with Gasteiger partial charge in [-0.05, 0) is 57.4 Å². The van der Waals surface area contributed by atoms with Gasteiger partial charge in [0, 0.05) is 37.6 Å². The number of nitrogens with zero attached hydrogens (tertiary/aromatic N) is 3. The van der Waals surface area contributed by atoms with Gasteiger partial charge in [-0.1, -0.05) is 35.9 Å². The second-order valence-corrected chi connectivity index (χ2v) is 9.05. The first-order chi connectivity index (χ1) is 16.5.